The fourth-order valence-electron chi connectivity index (χ4n) is 1.48. The molecule has 0 amide bonds. The lowest BCUT2D eigenvalue weighted by molar-refractivity contribution is 0.414. The highest BCUT2D eigenvalue weighted by Crippen LogP contribution is 2.38. The Bertz CT molecular complexity index is 746. The van der Waals surface area contributed by atoms with Crippen molar-refractivity contribution in [3.63, 3.8) is 0 Å². The SMILES string of the molecule is COc1c(Br)cc(Cl)cc1NS(=O)(=O)c1ccc(Br)s1. The molecule has 1 aromatic heterocycles. The van der Waals surface area contributed by atoms with Gasteiger partial charge in [0.15, 0.2) is 5.75 Å². The van der Waals surface area contributed by atoms with Gasteiger partial charge in [0, 0.05) is 5.02 Å². The standard InChI is InChI=1S/C11H8Br2ClNO3S2/c1-18-11-7(12)4-6(14)5-8(11)15-20(16,17)10-3-2-9(13)19-10/h2-5,15H,1H3. The molecule has 108 valence electrons. The van der Waals surface area contributed by atoms with Crippen LogP contribution < -0.4 is 9.46 Å². The first kappa shape index (κ1) is 16.1. The van der Waals surface area contributed by atoms with Crippen LogP contribution in [0.25, 0.3) is 0 Å². The number of methoxy groups -OCH3 is 1. The summed E-state index contributed by atoms with van der Waals surface area (Å²) in [6.07, 6.45) is 0. The summed E-state index contributed by atoms with van der Waals surface area (Å²) in [6, 6.07) is 6.30. The maximum atomic E-state index is 12.3. The van der Waals surface area contributed by atoms with E-state index in [2.05, 4.69) is 36.6 Å². The molecule has 0 aliphatic heterocycles. The van der Waals surface area contributed by atoms with Crippen molar-refractivity contribution in [1.82, 2.24) is 0 Å². The van der Waals surface area contributed by atoms with Crippen LogP contribution in [0.4, 0.5) is 5.69 Å². The Balaban J connectivity index is 2.44. The molecule has 1 N–H and O–H groups in total. The second kappa shape index (κ2) is 6.23. The van der Waals surface area contributed by atoms with Gasteiger partial charge in [0.2, 0.25) is 0 Å². The third-order valence-corrected chi connectivity index (χ3v) is 6.56. The van der Waals surface area contributed by atoms with Crippen molar-refractivity contribution in [3.05, 3.63) is 37.5 Å². The second-order valence-electron chi connectivity index (χ2n) is 3.63. The minimum Gasteiger partial charge on any atom is -0.493 e. The monoisotopic (exact) mass is 459 g/mol. The largest absolute Gasteiger partial charge is 0.493 e. The number of thiophene rings is 1. The zero-order chi connectivity index (χ0) is 14.9. The van der Waals surface area contributed by atoms with Gasteiger partial charge in [0.1, 0.15) is 4.21 Å². The Hall–Kier alpha value is -0.280. The molecule has 0 saturated heterocycles. The lowest BCUT2D eigenvalue weighted by Gasteiger charge is -2.13. The van der Waals surface area contributed by atoms with E-state index in [1.807, 2.05) is 0 Å². The summed E-state index contributed by atoms with van der Waals surface area (Å²) in [5, 5.41) is 0.391. The van der Waals surface area contributed by atoms with Crippen LogP contribution >= 0.6 is 54.8 Å². The lowest BCUT2D eigenvalue weighted by atomic mass is 10.3. The minimum absolute atomic E-state index is 0.197. The Morgan fingerprint density at radius 3 is 2.55 bits per heavy atom. The highest BCUT2D eigenvalue weighted by Gasteiger charge is 2.20. The van der Waals surface area contributed by atoms with E-state index in [-0.39, 0.29) is 9.90 Å². The smallest absolute Gasteiger partial charge is 0.271 e. The Kier molecular flexibility index (Phi) is 5.01. The van der Waals surface area contributed by atoms with Crippen LogP contribution in [0.5, 0.6) is 5.75 Å². The Labute approximate surface area is 142 Å². The maximum Gasteiger partial charge on any atom is 0.271 e. The fourth-order valence-corrected chi connectivity index (χ4v) is 5.52. The molecule has 0 saturated carbocycles. The van der Waals surface area contributed by atoms with E-state index < -0.39 is 10.0 Å². The molecular formula is C11H8Br2ClNO3S2. The summed E-state index contributed by atoms with van der Waals surface area (Å²) < 4.78 is 33.7. The average molecular weight is 462 g/mol. The molecule has 0 radical (unpaired) electrons. The molecule has 2 rings (SSSR count). The van der Waals surface area contributed by atoms with E-state index in [1.165, 1.54) is 19.2 Å². The van der Waals surface area contributed by atoms with Gasteiger partial charge < -0.3 is 4.74 Å². The van der Waals surface area contributed by atoms with Gasteiger partial charge in [0.25, 0.3) is 10.0 Å². The molecule has 0 atom stereocenters. The van der Waals surface area contributed by atoms with Crippen LogP contribution in [0, 0.1) is 0 Å². The van der Waals surface area contributed by atoms with E-state index in [9.17, 15) is 8.42 Å². The van der Waals surface area contributed by atoms with Crippen molar-refractivity contribution in [2.45, 2.75) is 4.21 Å². The minimum atomic E-state index is -3.68. The quantitative estimate of drug-likeness (QED) is 0.716. The predicted octanol–water partition coefficient (Wildman–Crippen LogP) is 4.74. The van der Waals surface area contributed by atoms with E-state index in [0.29, 0.717) is 15.2 Å². The van der Waals surface area contributed by atoms with Gasteiger partial charge in [-0.15, -0.1) is 11.3 Å². The molecule has 0 unspecified atom stereocenters. The van der Waals surface area contributed by atoms with E-state index in [1.54, 1.807) is 12.1 Å². The highest BCUT2D eigenvalue weighted by molar-refractivity contribution is 9.11. The first-order valence-electron chi connectivity index (χ1n) is 5.14. The van der Waals surface area contributed by atoms with Crippen molar-refractivity contribution >= 4 is 70.5 Å². The average Bonchev–Trinajstić information content (AvgIpc) is 2.75. The fraction of sp³-hybridized carbons (Fsp3) is 0.0909. The summed E-state index contributed by atoms with van der Waals surface area (Å²) in [6.45, 7) is 0. The number of hydrogen-bond donors (Lipinski definition) is 1. The van der Waals surface area contributed by atoms with Crippen molar-refractivity contribution in [1.29, 1.82) is 0 Å². The first-order chi connectivity index (χ1) is 9.33. The maximum absolute atomic E-state index is 12.3. The summed E-state index contributed by atoms with van der Waals surface area (Å²) in [7, 11) is -2.23. The van der Waals surface area contributed by atoms with E-state index in [4.69, 9.17) is 16.3 Å². The molecular weight excluding hydrogens is 454 g/mol. The van der Waals surface area contributed by atoms with Gasteiger partial charge >= 0.3 is 0 Å². The van der Waals surface area contributed by atoms with Crippen LogP contribution in [0.15, 0.2) is 36.7 Å². The third-order valence-electron chi connectivity index (χ3n) is 2.27. The van der Waals surface area contributed by atoms with Gasteiger partial charge in [-0.25, -0.2) is 8.42 Å². The van der Waals surface area contributed by atoms with E-state index in [0.717, 1.165) is 15.1 Å². The van der Waals surface area contributed by atoms with E-state index >= 15 is 0 Å². The molecule has 0 bridgehead atoms. The molecule has 2 aromatic rings. The number of halogens is 3. The first-order valence-corrected chi connectivity index (χ1v) is 9.41. The molecule has 20 heavy (non-hydrogen) atoms. The summed E-state index contributed by atoms with van der Waals surface area (Å²) in [5.41, 5.74) is 0.274. The van der Waals surface area contributed by atoms with Gasteiger partial charge in [-0.2, -0.15) is 0 Å². The van der Waals surface area contributed by atoms with Crippen molar-refractivity contribution in [2.24, 2.45) is 0 Å². The van der Waals surface area contributed by atoms with Crippen molar-refractivity contribution in [2.75, 3.05) is 11.8 Å². The number of rotatable bonds is 4. The van der Waals surface area contributed by atoms with Crippen LogP contribution in [0.3, 0.4) is 0 Å². The highest BCUT2D eigenvalue weighted by atomic mass is 79.9. The predicted molar refractivity (Wildman–Crippen MR) is 88.5 cm³/mol. The van der Waals surface area contributed by atoms with Crippen molar-refractivity contribution < 1.29 is 13.2 Å². The normalized spacial score (nSPS) is 11.4. The zero-order valence-corrected chi connectivity index (χ0v) is 15.5. The Morgan fingerprint density at radius 1 is 1.30 bits per heavy atom. The molecule has 4 nitrogen and oxygen atoms in total. The van der Waals surface area contributed by atoms with Gasteiger partial charge in [-0.3, -0.25) is 4.72 Å². The number of benzene rings is 1. The molecule has 9 heteroatoms. The molecule has 1 heterocycles. The zero-order valence-electron chi connectivity index (χ0n) is 9.98. The summed E-state index contributed by atoms with van der Waals surface area (Å²) in [5.74, 6) is 0.369. The summed E-state index contributed by atoms with van der Waals surface area (Å²) >= 11 is 13.6. The van der Waals surface area contributed by atoms with Crippen LogP contribution in [0.1, 0.15) is 0 Å². The number of anilines is 1. The third kappa shape index (κ3) is 3.48. The molecule has 0 aliphatic carbocycles. The number of sulfonamides is 1. The molecule has 0 fully saturated rings. The lowest BCUT2D eigenvalue weighted by Crippen LogP contribution is -2.12. The van der Waals surface area contributed by atoms with Crippen LogP contribution in [-0.2, 0) is 10.0 Å². The van der Waals surface area contributed by atoms with Crippen molar-refractivity contribution in [3.8, 4) is 5.75 Å². The number of hydrogen-bond acceptors (Lipinski definition) is 4. The summed E-state index contributed by atoms with van der Waals surface area (Å²) in [4.78, 5) is 0. The van der Waals surface area contributed by atoms with Crippen LogP contribution in [-0.4, -0.2) is 15.5 Å². The van der Waals surface area contributed by atoms with Gasteiger partial charge in [0.05, 0.1) is 21.1 Å². The molecule has 1 aromatic carbocycles. The molecule has 0 spiro atoms. The molecule has 0 aliphatic rings. The number of ether oxygens (including phenoxy) is 1. The van der Waals surface area contributed by atoms with Gasteiger partial charge in [-0.1, -0.05) is 11.6 Å². The second-order valence-corrected chi connectivity index (χ2v) is 9.30. The number of nitrogens with one attached hydrogen (secondary N) is 1. The Morgan fingerprint density at radius 2 is 2.00 bits per heavy atom. The van der Waals surface area contributed by atoms with Gasteiger partial charge in [-0.05, 0) is 56.1 Å². The topological polar surface area (TPSA) is 55.4 Å². The van der Waals surface area contributed by atoms with Crippen LogP contribution in [0.2, 0.25) is 5.02 Å².